The number of aliphatic hydroxyl groups is 1. The first kappa shape index (κ1) is 25.0. The lowest BCUT2D eigenvalue weighted by Gasteiger charge is -2.28. The number of halogens is 1. The minimum atomic E-state index is -0.666. The van der Waals surface area contributed by atoms with E-state index in [9.17, 15) is 5.11 Å². The Balaban J connectivity index is 1.52. The average molecular weight is 496 g/mol. The maximum atomic E-state index is 15.1. The zero-order valence-corrected chi connectivity index (χ0v) is 21.1. The van der Waals surface area contributed by atoms with E-state index in [4.69, 9.17) is 14.5 Å². The van der Waals surface area contributed by atoms with E-state index in [1.807, 2.05) is 25.3 Å². The van der Waals surface area contributed by atoms with Crippen LogP contribution in [0.4, 0.5) is 10.3 Å². The zero-order valence-electron chi connectivity index (χ0n) is 21.1. The van der Waals surface area contributed by atoms with Gasteiger partial charge in [-0.2, -0.15) is 0 Å². The van der Waals surface area contributed by atoms with Crippen LogP contribution in [-0.2, 0) is 16.0 Å². The number of rotatable bonds is 7. The molecule has 2 fully saturated rings. The van der Waals surface area contributed by atoms with Gasteiger partial charge in [-0.25, -0.2) is 14.4 Å². The number of aryl methyl sites for hydroxylation is 1. The molecular weight excluding hydrogens is 461 g/mol. The lowest BCUT2D eigenvalue weighted by atomic mass is 9.89. The monoisotopic (exact) mass is 495 g/mol. The molecule has 8 nitrogen and oxygen atoms in total. The third-order valence-corrected chi connectivity index (χ3v) is 7.15. The summed E-state index contributed by atoms with van der Waals surface area (Å²) in [6.45, 7) is 9.39. The van der Waals surface area contributed by atoms with Crippen molar-refractivity contribution < 1.29 is 19.0 Å². The second-order valence-electron chi connectivity index (χ2n) is 10.00. The summed E-state index contributed by atoms with van der Waals surface area (Å²) in [6.07, 6.45) is 4.10. The van der Waals surface area contributed by atoms with Gasteiger partial charge in [-0.1, -0.05) is 19.9 Å². The number of pyridine rings is 1. The van der Waals surface area contributed by atoms with Crippen molar-refractivity contribution >= 4 is 16.9 Å². The summed E-state index contributed by atoms with van der Waals surface area (Å²) in [5.41, 5.74) is 5.11. The molecule has 2 saturated heterocycles. The van der Waals surface area contributed by atoms with Crippen molar-refractivity contribution in [2.75, 3.05) is 31.7 Å². The molecule has 3 N–H and O–H groups in total. The average Bonchev–Trinajstić information content (AvgIpc) is 3.39. The Morgan fingerprint density at radius 1 is 1.11 bits per heavy atom. The standard InChI is InChI=1S/C27H34FN5O3/c1-15(2)24-17(10-29-18-6-8-35-13-18)11-30-22-5-4-19(16(3)25(22)24)26-20(28)12-31-27(33-26)32-21-7-9-36-14-23(21)34/h4-5,11-12,15,18,21,23,29,34H,6-10,13-14H2,1-3H3,(H,31,32,33)/t18-,21-,23-/m1/s1. The number of aliphatic hydroxyl groups excluding tert-OH is 1. The Bertz CT molecular complexity index is 1230. The largest absolute Gasteiger partial charge is 0.389 e. The highest BCUT2D eigenvalue weighted by Crippen LogP contribution is 2.36. The van der Waals surface area contributed by atoms with Crippen LogP contribution in [0, 0.1) is 12.7 Å². The molecule has 3 atom stereocenters. The summed E-state index contributed by atoms with van der Waals surface area (Å²) in [5.74, 6) is 0.0491. The highest BCUT2D eigenvalue weighted by molar-refractivity contribution is 5.92. The normalized spacial score (nSPS) is 22.4. The van der Waals surface area contributed by atoms with Crippen molar-refractivity contribution in [2.24, 2.45) is 0 Å². The van der Waals surface area contributed by atoms with Crippen molar-refractivity contribution in [1.29, 1.82) is 0 Å². The number of fused-ring (bicyclic) bond motifs is 1. The number of benzene rings is 1. The van der Waals surface area contributed by atoms with E-state index in [1.54, 1.807) is 0 Å². The van der Waals surface area contributed by atoms with Gasteiger partial charge in [0.25, 0.3) is 0 Å². The highest BCUT2D eigenvalue weighted by atomic mass is 19.1. The molecule has 0 aliphatic carbocycles. The molecule has 0 radical (unpaired) electrons. The molecule has 9 heteroatoms. The van der Waals surface area contributed by atoms with Crippen LogP contribution in [-0.4, -0.2) is 64.7 Å². The number of nitrogens with one attached hydrogen (secondary N) is 2. The van der Waals surface area contributed by atoms with Crippen molar-refractivity contribution in [3.63, 3.8) is 0 Å². The second-order valence-corrected chi connectivity index (χ2v) is 10.00. The van der Waals surface area contributed by atoms with E-state index in [2.05, 4.69) is 34.4 Å². The van der Waals surface area contributed by atoms with Gasteiger partial charge in [-0.05, 0) is 48.4 Å². The molecular formula is C27H34FN5O3. The molecule has 0 bridgehead atoms. The van der Waals surface area contributed by atoms with E-state index >= 15 is 4.39 Å². The summed E-state index contributed by atoms with van der Waals surface area (Å²) in [6, 6.07) is 3.92. The number of anilines is 1. The summed E-state index contributed by atoms with van der Waals surface area (Å²) in [4.78, 5) is 13.4. The van der Waals surface area contributed by atoms with Crippen LogP contribution in [0.1, 0.15) is 49.3 Å². The molecule has 0 amide bonds. The maximum Gasteiger partial charge on any atom is 0.223 e. The van der Waals surface area contributed by atoms with Gasteiger partial charge in [0.15, 0.2) is 5.82 Å². The van der Waals surface area contributed by atoms with Gasteiger partial charge in [0.1, 0.15) is 5.69 Å². The Morgan fingerprint density at radius 3 is 2.67 bits per heavy atom. The molecule has 2 aromatic heterocycles. The van der Waals surface area contributed by atoms with Gasteiger partial charge in [0, 0.05) is 42.9 Å². The van der Waals surface area contributed by atoms with Crippen LogP contribution in [0.25, 0.3) is 22.2 Å². The number of hydrogen-bond donors (Lipinski definition) is 3. The number of ether oxygens (including phenoxy) is 2. The number of hydrogen-bond acceptors (Lipinski definition) is 8. The molecule has 2 aliphatic rings. The maximum absolute atomic E-state index is 15.1. The first-order valence-electron chi connectivity index (χ1n) is 12.7. The number of aromatic nitrogens is 3. The molecule has 0 saturated carbocycles. The third-order valence-electron chi connectivity index (χ3n) is 7.15. The zero-order chi connectivity index (χ0) is 25.2. The minimum absolute atomic E-state index is 0.231. The molecule has 36 heavy (non-hydrogen) atoms. The molecule has 3 aromatic rings. The molecule has 192 valence electrons. The van der Waals surface area contributed by atoms with Gasteiger partial charge in [-0.15, -0.1) is 0 Å². The number of nitrogens with zero attached hydrogens (tertiary/aromatic N) is 3. The van der Waals surface area contributed by atoms with Crippen LogP contribution in [0.5, 0.6) is 0 Å². The molecule has 5 rings (SSSR count). The van der Waals surface area contributed by atoms with Crippen molar-refractivity contribution in [3.05, 3.63) is 47.0 Å². The van der Waals surface area contributed by atoms with E-state index in [0.717, 1.165) is 41.7 Å². The Kier molecular flexibility index (Phi) is 7.43. The Hall–Kier alpha value is -2.72. The summed E-state index contributed by atoms with van der Waals surface area (Å²) in [7, 11) is 0. The van der Waals surface area contributed by atoms with Gasteiger partial charge in [0.05, 0.1) is 37.1 Å². The molecule has 4 heterocycles. The van der Waals surface area contributed by atoms with E-state index in [1.165, 1.54) is 11.8 Å². The SMILES string of the molecule is Cc1c(-c2nc(N[C@@H]3CCOC[C@H]3O)ncc2F)ccc2ncc(CN[C@@H]3CCOC3)c(C(C)C)c12. The van der Waals surface area contributed by atoms with Gasteiger partial charge < -0.3 is 25.2 Å². The quantitative estimate of drug-likeness (QED) is 0.456. The smallest absolute Gasteiger partial charge is 0.223 e. The first-order chi connectivity index (χ1) is 17.4. The van der Waals surface area contributed by atoms with Crippen LogP contribution in [0.3, 0.4) is 0 Å². The molecule has 1 aromatic carbocycles. The first-order valence-corrected chi connectivity index (χ1v) is 12.7. The predicted octanol–water partition coefficient (Wildman–Crippen LogP) is 3.70. The van der Waals surface area contributed by atoms with Gasteiger partial charge >= 0.3 is 0 Å². The van der Waals surface area contributed by atoms with Crippen LogP contribution in [0.15, 0.2) is 24.5 Å². The lowest BCUT2D eigenvalue weighted by molar-refractivity contribution is -0.0136. The topological polar surface area (TPSA) is 101 Å². The fourth-order valence-corrected chi connectivity index (χ4v) is 5.21. The van der Waals surface area contributed by atoms with Crippen LogP contribution >= 0.6 is 0 Å². The van der Waals surface area contributed by atoms with Crippen molar-refractivity contribution in [3.8, 4) is 11.3 Å². The third kappa shape index (κ3) is 5.06. The molecule has 0 spiro atoms. The lowest BCUT2D eigenvalue weighted by Crippen LogP contribution is -2.42. The van der Waals surface area contributed by atoms with E-state index in [0.29, 0.717) is 31.2 Å². The second kappa shape index (κ2) is 10.7. The fourth-order valence-electron chi connectivity index (χ4n) is 5.21. The van der Waals surface area contributed by atoms with E-state index in [-0.39, 0.29) is 30.2 Å². The molecule has 2 aliphatic heterocycles. The van der Waals surface area contributed by atoms with E-state index < -0.39 is 11.9 Å². The van der Waals surface area contributed by atoms with Gasteiger partial charge in [-0.3, -0.25) is 4.98 Å². The fraction of sp³-hybridized carbons (Fsp3) is 0.519. The highest BCUT2D eigenvalue weighted by Gasteiger charge is 2.25. The Morgan fingerprint density at radius 2 is 1.92 bits per heavy atom. The summed E-state index contributed by atoms with van der Waals surface area (Å²) >= 11 is 0. The van der Waals surface area contributed by atoms with Crippen molar-refractivity contribution in [1.82, 2.24) is 20.3 Å². The van der Waals surface area contributed by atoms with Gasteiger partial charge in [0.2, 0.25) is 5.95 Å². The Labute approximate surface area is 210 Å². The minimum Gasteiger partial charge on any atom is -0.389 e. The molecule has 0 unspecified atom stereocenters. The van der Waals surface area contributed by atoms with Crippen molar-refractivity contribution in [2.45, 2.75) is 64.3 Å². The van der Waals surface area contributed by atoms with Crippen LogP contribution < -0.4 is 10.6 Å². The predicted molar refractivity (Wildman–Crippen MR) is 136 cm³/mol. The summed E-state index contributed by atoms with van der Waals surface area (Å²) < 4.78 is 25.9. The summed E-state index contributed by atoms with van der Waals surface area (Å²) in [5, 5.41) is 18.0. The van der Waals surface area contributed by atoms with Crippen LogP contribution in [0.2, 0.25) is 0 Å².